The standard InChI is InChI=1S/C12H9N3S/c13-8-9-4-5-11(10(14)7-9)16-12-3-1-2-6-15-12/h1-7H,14H2. The van der Waals surface area contributed by atoms with Crippen molar-refractivity contribution >= 4 is 17.4 Å². The molecule has 0 aliphatic heterocycles. The molecule has 0 saturated carbocycles. The molecule has 0 amide bonds. The van der Waals surface area contributed by atoms with Crippen molar-refractivity contribution in [2.75, 3.05) is 5.73 Å². The largest absolute Gasteiger partial charge is 0.398 e. The zero-order valence-electron chi connectivity index (χ0n) is 8.42. The lowest BCUT2D eigenvalue weighted by atomic mass is 10.2. The van der Waals surface area contributed by atoms with E-state index in [-0.39, 0.29) is 0 Å². The molecule has 78 valence electrons. The number of pyridine rings is 1. The van der Waals surface area contributed by atoms with Gasteiger partial charge in [0.2, 0.25) is 0 Å². The van der Waals surface area contributed by atoms with Crippen molar-refractivity contribution in [1.29, 1.82) is 5.26 Å². The van der Waals surface area contributed by atoms with E-state index in [4.69, 9.17) is 11.0 Å². The van der Waals surface area contributed by atoms with Gasteiger partial charge in [-0.2, -0.15) is 5.26 Å². The molecule has 2 N–H and O–H groups in total. The number of nitriles is 1. The predicted molar refractivity (Wildman–Crippen MR) is 63.9 cm³/mol. The third-order valence-corrected chi connectivity index (χ3v) is 3.03. The molecule has 3 nitrogen and oxygen atoms in total. The van der Waals surface area contributed by atoms with Gasteiger partial charge in [0, 0.05) is 16.8 Å². The highest BCUT2D eigenvalue weighted by atomic mass is 32.2. The summed E-state index contributed by atoms with van der Waals surface area (Å²) in [6.45, 7) is 0. The first-order valence-electron chi connectivity index (χ1n) is 4.68. The van der Waals surface area contributed by atoms with Gasteiger partial charge in [0.25, 0.3) is 0 Å². The van der Waals surface area contributed by atoms with Crippen LogP contribution in [0.3, 0.4) is 0 Å². The van der Waals surface area contributed by atoms with Crippen LogP contribution < -0.4 is 5.73 Å². The van der Waals surface area contributed by atoms with Gasteiger partial charge in [-0.25, -0.2) is 4.98 Å². The Hall–Kier alpha value is -1.99. The molecule has 0 atom stereocenters. The van der Waals surface area contributed by atoms with Crippen LogP contribution >= 0.6 is 11.8 Å². The van der Waals surface area contributed by atoms with Crippen molar-refractivity contribution in [3.63, 3.8) is 0 Å². The number of aromatic nitrogens is 1. The van der Waals surface area contributed by atoms with E-state index in [2.05, 4.69) is 11.1 Å². The Kier molecular flexibility index (Phi) is 3.08. The fraction of sp³-hybridized carbons (Fsp3) is 0. The molecule has 0 saturated heterocycles. The van der Waals surface area contributed by atoms with Crippen LogP contribution in [-0.2, 0) is 0 Å². The summed E-state index contributed by atoms with van der Waals surface area (Å²) < 4.78 is 0. The van der Waals surface area contributed by atoms with Crippen LogP contribution in [0.1, 0.15) is 5.56 Å². The first kappa shape index (κ1) is 10.5. The van der Waals surface area contributed by atoms with E-state index in [1.165, 1.54) is 11.8 Å². The number of anilines is 1. The van der Waals surface area contributed by atoms with E-state index in [0.29, 0.717) is 11.3 Å². The molecule has 0 radical (unpaired) electrons. The highest BCUT2D eigenvalue weighted by Gasteiger charge is 2.03. The van der Waals surface area contributed by atoms with Crippen molar-refractivity contribution < 1.29 is 0 Å². The van der Waals surface area contributed by atoms with Gasteiger partial charge in [0.1, 0.15) is 5.03 Å². The Labute approximate surface area is 97.9 Å². The average Bonchev–Trinajstić information content (AvgIpc) is 2.33. The number of nitrogen functional groups attached to an aromatic ring is 1. The number of hydrogen-bond acceptors (Lipinski definition) is 4. The number of nitrogens with two attached hydrogens (primary N) is 1. The molecule has 0 unspecified atom stereocenters. The summed E-state index contributed by atoms with van der Waals surface area (Å²) in [5.41, 5.74) is 7.02. The SMILES string of the molecule is N#Cc1ccc(Sc2ccccn2)c(N)c1. The van der Waals surface area contributed by atoms with Gasteiger partial charge < -0.3 is 5.73 Å². The van der Waals surface area contributed by atoms with E-state index >= 15 is 0 Å². The van der Waals surface area contributed by atoms with Crippen LogP contribution in [0.15, 0.2) is 52.5 Å². The maximum Gasteiger partial charge on any atom is 0.101 e. The summed E-state index contributed by atoms with van der Waals surface area (Å²) in [5.74, 6) is 0. The Balaban J connectivity index is 2.27. The predicted octanol–water partition coefficient (Wildman–Crippen LogP) is 2.69. The van der Waals surface area contributed by atoms with Gasteiger partial charge in [0.05, 0.1) is 11.6 Å². The van der Waals surface area contributed by atoms with Crippen LogP contribution in [-0.4, -0.2) is 4.98 Å². The van der Waals surface area contributed by atoms with E-state index in [1.54, 1.807) is 18.3 Å². The maximum atomic E-state index is 8.72. The van der Waals surface area contributed by atoms with Crippen LogP contribution in [0.25, 0.3) is 0 Å². The molecule has 1 aromatic heterocycles. The molecule has 1 aromatic carbocycles. The van der Waals surface area contributed by atoms with Gasteiger partial charge in [-0.1, -0.05) is 17.8 Å². The first-order chi connectivity index (χ1) is 7.79. The molecular formula is C12H9N3S. The van der Waals surface area contributed by atoms with Crippen molar-refractivity contribution in [1.82, 2.24) is 4.98 Å². The summed E-state index contributed by atoms with van der Waals surface area (Å²) in [6, 6.07) is 13.0. The normalized spacial score (nSPS) is 9.69. The molecule has 1 heterocycles. The number of hydrogen-bond donors (Lipinski definition) is 1. The summed E-state index contributed by atoms with van der Waals surface area (Å²) in [5, 5.41) is 9.61. The zero-order chi connectivity index (χ0) is 11.4. The summed E-state index contributed by atoms with van der Waals surface area (Å²) in [6.07, 6.45) is 1.74. The second-order valence-electron chi connectivity index (χ2n) is 3.13. The van der Waals surface area contributed by atoms with Crippen molar-refractivity contribution in [2.45, 2.75) is 9.92 Å². The number of benzene rings is 1. The molecule has 2 aromatic rings. The lowest BCUT2D eigenvalue weighted by Gasteiger charge is -2.04. The highest BCUT2D eigenvalue weighted by molar-refractivity contribution is 7.99. The molecule has 0 spiro atoms. The molecule has 2 rings (SSSR count). The molecule has 0 aliphatic rings. The van der Waals surface area contributed by atoms with Gasteiger partial charge in [-0.3, -0.25) is 0 Å². The summed E-state index contributed by atoms with van der Waals surface area (Å²) in [7, 11) is 0. The van der Waals surface area contributed by atoms with E-state index < -0.39 is 0 Å². The van der Waals surface area contributed by atoms with Gasteiger partial charge in [-0.15, -0.1) is 0 Å². The Bertz CT molecular complexity index is 532. The zero-order valence-corrected chi connectivity index (χ0v) is 9.24. The third kappa shape index (κ3) is 2.33. The van der Waals surface area contributed by atoms with E-state index in [1.807, 2.05) is 24.3 Å². The molecular weight excluding hydrogens is 218 g/mol. The average molecular weight is 227 g/mol. The Morgan fingerprint density at radius 1 is 1.25 bits per heavy atom. The van der Waals surface area contributed by atoms with Crippen LogP contribution in [0.2, 0.25) is 0 Å². The molecule has 4 heteroatoms. The molecule has 0 fully saturated rings. The summed E-state index contributed by atoms with van der Waals surface area (Å²) in [4.78, 5) is 5.11. The van der Waals surface area contributed by atoms with Crippen molar-refractivity contribution in [3.05, 3.63) is 48.2 Å². The van der Waals surface area contributed by atoms with E-state index in [9.17, 15) is 0 Å². The minimum atomic E-state index is 0.572. The molecule has 16 heavy (non-hydrogen) atoms. The number of nitrogens with zero attached hydrogens (tertiary/aromatic N) is 2. The minimum absolute atomic E-state index is 0.572. The quantitative estimate of drug-likeness (QED) is 0.801. The van der Waals surface area contributed by atoms with Gasteiger partial charge >= 0.3 is 0 Å². The van der Waals surface area contributed by atoms with E-state index in [0.717, 1.165) is 9.92 Å². The Morgan fingerprint density at radius 2 is 2.12 bits per heavy atom. The fourth-order valence-corrected chi connectivity index (χ4v) is 2.03. The minimum Gasteiger partial charge on any atom is -0.398 e. The fourth-order valence-electron chi connectivity index (χ4n) is 1.23. The molecule has 0 bridgehead atoms. The molecule has 0 aliphatic carbocycles. The lowest BCUT2D eigenvalue weighted by molar-refractivity contribution is 1.13. The Morgan fingerprint density at radius 3 is 2.75 bits per heavy atom. The van der Waals surface area contributed by atoms with Crippen molar-refractivity contribution in [3.8, 4) is 6.07 Å². The smallest absolute Gasteiger partial charge is 0.101 e. The van der Waals surface area contributed by atoms with Crippen LogP contribution in [0, 0.1) is 11.3 Å². The second-order valence-corrected chi connectivity index (χ2v) is 4.20. The van der Waals surface area contributed by atoms with Gasteiger partial charge in [-0.05, 0) is 30.3 Å². The topological polar surface area (TPSA) is 62.7 Å². The van der Waals surface area contributed by atoms with Gasteiger partial charge in [0.15, 0.2) is 0 Å². The summed E-state index contributed by atoms with van der Waals surface area (Å²) >= 11 is 1.49. The van der Waals surface area contributed by atoms with Crippen molar-refractivity contribution in [2.24, 2.45) is 0 Å². The first-order valence-corrected chi connectivity index (χ1v) is 5.50. The number of rotatable bonds is 2. The second kappa shape index (κ2) is 4.69. The van der Waals surface area contributed by atoms with Crippen LogP contribution in [0.4, 0.5) is 5.69 Å². The lowest BCUT2D eigenvalue weighted by Crippen LogP contribution is -1.90. The maximum absolute atomic E-state index is 8.72. The monoisotopic (exact) mass is 227 g/mol. The third-order valence-electron chi connectivity index (χ3n) is 1.99. The van der Waals surface area contributed by atoms with Crippen LogP contribution in [0.5, 0.6) is 0 Å². The highest BCUT2D eigenvalue weighted by Crippen LogP contribution is 2.30.